The number of carbonyl (C=O) groups is 1. The molecule has 0 saturated heterocycles. The van der Waals surface area contributed by atoms with Crippen molar-refractivity contribution in [2.45, 2.75) is 53.4 Å². The molecule has 0 aliphatic heterocycles. The maximum atomic E-state index is 11.3. The SMILES string of the molecule is CC(C)=NOCCCCCC(=O)C(C)C. The summed E-state index contributed by atoms with van der Waals surface area (Å²) in [6.07, 6.45) is 3.68. The van der Waals surface area contributed by atoms with E-state index >= 15 is 0 Å². The summed E-state index contributed by atoms with van der Waals surface area (Å²) in [6.45, 7) is 8.36. The van der Waals surface area contributed by atoms with Crippen LogP contribution in [0.3, 0.4) is 0 Å². The minimum Gasteiger partial charge on any atom is -0.396 e. The van der Waals surface area contributed by atoms with Crippen molar-refractivity contribution < 1.29 is 9.63 Å². The zero-order chi connectivity index (χ0) is 11.7. The van der Waals surface area contributed by atoms with E-state index in [1.54, 1.807) is 0 Å². The van der Waals surface area contributed by atoms with Gasteiger partial charge in [-0.3, -0.25) is 4.79 Å². The number of Topliss-reactive ketones (excluding diaryl/α,β-unsaturated/α-hetero) is 1. The Morgan fingerprint density at radius 2 is 1.87 bits per heavy atom. The van der Waals surface area contributed by atoms with Crippen LogP contribution in [-0.4, -0.2) is 18.1 Å². The molecule has 0 unspecified atom stereocenters. The number of rotatable bonds is 8. The number of hydrogen-bond donors (Lipinski definition) is 0. The number of ketones is 1. The molecule has 15 heavy (non-hydrogen) atoms. The second-order valence-electron chi connectivity index (χ2n) is 4.30. The van der Waals surface area contributed by atoms with Crippen LogP contribution < -0.4 is 0 Å². The molecule has 0 atom stereocenters. The maximum absolute atomic E-state index is 11.3. The summed E-state index contributed by atoms with van der Waals surface area (Å²) in [7, 11) is 0. The van der Waals surface area contributed by atoms with Gasteiger partial charge in [0.1, 0.15) is 12.4 Å². The Morgan fingerprint density at radius 1 is 1.20 bits per heavy atom. The van der Waals surface area contributed by atoms with Gasteiger partial charge in [-0.2, -0.15) is 0 Å². The molecule has 0 fully saturated rings. The Bertz CT molecular complexity index is 206. The molecule has 0 aromatic carbocycles. The number of nitrogens with zero attached hydrogens (tertiary/aromatic N) is 1. The Balaban J connectivity index is 3.26. The highest BCUT2D eigenvalue weighted by atomic mass is 16.6. The molecular weight excluding hydrogens is 190 g/mol. The molecule has 88 valence electrons. The van der Waals surface area contributed by atoms with E-state index in [-0.39, 0.29) is 5.92 Å². The third kappa shape index (κ3) is 9.44. The molecule has 0 amide bonds. The van der Waals surface area contributed by atoms with Crippen LogP contribution in [-0.2, 0) is 9.63 Å². The monoisotopic (exact) mass is 213 g/mol. The first-order valence-electron chi connectivity index (χ1n) is 5.70. The van der Waals surface area contributed by atoms with Crippen LogP contribution in [0.25, 0.3) is 0 Å². The Kier molecular flexibility index (Phi) is 7.96. The molecule has 0 aromatic heterocycles. The quantitative estimate of drug-likeness (QED) is 0.353. The lowest BCUT2D eigenvalue weighted by molar-refractivity contribution is -0.122. The summed E-state index contributed by atoms with van der Waals surface area (Å²) >= 11 is 0. The highest BCUT2D eigenvalue weighted by Crippen LogP contribution is 2.06. The lowest BCUT2D eigenvalue weighted by atomic mass is 10.0. The fourth-order valence-corrected chi connectivity index (χ4v) is 1.11. The van der Waals surface area contributed by atoms with Gasteiger partial charge in [0.25, 0.3) is 0 Å². The first-order valence-corrected chi connectivity index (χ1v) is 5.70. The molecule has 0 aliphatic rings. The van der Waals surface area contributed by atoms with Crippen molar-refractivity contribution in [2.24, 2.45) is 11.1 Å². The van der Waals surface area contributed by atoms with E-state index in [0.29, 0.717) is 18.8 Å². The van der Waals surface area contributed by atoms with Crippen LogP contribution in [0.2, 0.25) is 0 Å². The van der Waals surface area contributed by atoms with Crippen molar-refractivity contribution >= 4 is 11.5 Å². The van der Waals surface area contributed by atoms with Gasteiger partial charge in [0.2, 0.25) is 0 Å². The van der Waals surface area contributed by atoms with Gasteiger partial charge in [0, 0.05) is 12.3 Å². The Morgan fingerprint density at radius 3 is 2.40 bits per heavy atom. The first-order chi connectivity index (χ1) is 7.04. The molecule has 0 rings (SSSR count). The molecule has 0 radical (unpaired) electrons. The zero-order valence-electron chi connectivity index (χ0n) is 10.4. The zero-order valence-corrected chi connectivity index (χ0v) is 10.4. The summed E-state index contributed by atoms with van der Waals surface area (Å²) in [5, 5.41) is 3.84. The average Bonchev–Trinajstić information content (AvgIpc) is 2.15. The van der Waals surface area contributed by atoms with Gasteiger partial charge in [-0.05, 0) is 33.1 Å². The molecule has 3 nitrogen and oxygen atoms in total. The lowest BCUT2D eigenvalue weighted by Crippen LogP contribution is -2.06. The van der Waals surface area contributed by atoms with Crippen molar-refractivity contribution in [1.29, 1.82) is 0 Å². The Labute approximate surface area is 92.9 Å². The van der Waals surface area contributed by atoms with Crippen molar-refractivity contribution in [3.8, 4) is 0 Å². The minimum atomic E-state index is 0.175. The predicted molar refractivity (Wildman–Crippen MR) is 63.0 cm³/mol. The number of oxime groups is 1. The first kappa shape index (κ1) is 14.1. The smallest absolute Gasteiger partial charge is 0.135 e. The normalized spacial score (nSPS) is 10.2. The molecule has 0 heterocycles. The fourth-order valence-electron chi connectivity index (χ4n) is 1.11. The molecular formula is C12H23NO2. The van der Waals surface area contributed by atoms with E-state index in [1.807, 2.05) is 27.7 Å². The van der Waals surface area contributed by atoms with Crippen molar-refractivity contribution in [3.05, 3.63) is 0 Å². The summed E-state index contributed by atoms with van der Waals surface area (Å²) in [6, 6.07) is 0. The molecule has 3 heteroatoms. The maximum Gasteiger partial charge on any atom is 0.135 e. The summed E-state index contributed by atoms with van der Waals surface area (Å²) in [4.78, 5) is 16.3. The second kappa shape index (κ2) is 8.45. The standard InChI is InChI=1S/C12H23NO2/c1-10(2)12(14)8-6-5-7-9-15-13-11(3)4/h10H,5-9H2,1-4H3. The third-order valence-electron chi connectivity index (χ3n) is 2.05. The Hall–Kier alpha value is -0.860. The second-order valence-corrected chi connectivity index (χ2v) is 4.30. The van der Waals surface area contributed by atoms with Gasteiger partial charge >= 0.3 is 0 Å². The minimum absolute atomic E-state index is 0.175. The van der Waals surface area contributed by atoms with Gasteiger partial charge in [0.05, 0.1) is 5.71 Å². The average molecular weight is 213 g/mol. The largest absolute Gasteiger partial charge is 0.396 e. The van der Waals surface area contributed by atoms with Crippen LogP contribution >= 0.6 is 0 Å². The van der Waals surface area contributed by atoms with Gasteiger partial charge in [-0.15, -0.1) is 0 Å². The van der Waals surface area contributed by atoms with E-state index in [1.165, 1.54) is 0 Å². The molecule has 0 saturated carbocycles. The molecule has 0 bridgehead atoms. The fraction of sp³-hybridized carbons (Fsp3) is 0.833. The van der Waals surface area contributed by atoms with Crippen molar-refractivity contribution in [3.63, 3.8) is 0 Å². The van der Waals surface area contributed by atoms with Crippen molar-refractivity contribution in [2.75, 3.05) is 6.61 Å². The van der Waals surface area contributed by atoms with E-state index in [0.717, 1.165) is 25.0 Å². The van der Waals surface area contributed by atoms with Crippen LogP contribution in [0.1, 0.15) is 53.4 Å². The predicted octanol–water partition coefficient (Wildman–Crippen LogP) is 3.18. The number of hydrogen-bond acceptors (Lipinski definition) is 3. The topological polar surface area (TPSA) is 38.7 Å². The highest BCUT2D eigenvalue weighted by Gasteiger charge is 2.05. The van der Waals surface area contributed by atoms with Crippen LogP contribution in [0, 0.1) is 5.92 Å². The van der Waals surface area contributed by atoms with E-state index in [2.05, 4.69) is 5.16 Å². The van der Waals surface area contributed by atoms with Crippen molar-refractivity contribution in [1.82, 2.24) is 0 Å². The molecule has 0 N–H and O–H groups in total. The van der Waals surface area contributed by atoms with Gasteiger partial charge in [-0.25, -0.2) is 0 Å². The van der Waals surface area contributed by atoms with Gasteiger partial charge in [-0.1, -0.05) is 19.0 Å². The van der Waals surface area contributed by atoms with E-state index < -0.39 is 0 Å². The van der Waals surface area contributed by atoms with Crippen LogP contribution in [0.15, 0.2) is 5.16 Å². The number of carbonyl (C=O) groups excluding carboxylic acids is 1. The van der Waals surface area contributed by atoms with Crippen LogP contribution in [0.5, 0.6) is 0 Å². The third-order valence-corrected chi connectivity index (χ3v) is 2.05. The van der Waals surface area contributed by atoms with Gasteiger partial charge in [0.15, 0.2) is 0 Å². The van der Waals surface area contributed by atoms with E-state index in [4.69, 9.17) is 4.84 Å². The number of unbranched alkanes of at least 4 members (excludes halogenated alkanes) is 2. The summed E-state index contributed by atoms with van der Waals surface area (Å²) < 4.78 is 0. The summed E-state index contributed by atoms with van der Waals surface area (Å²) in [5.74, 6) is 0.534. The van der Waals surface area contributed by atoms with Crippen LogP contribution in [0.4, 0.5) is 0 Å². The van der Waals surface area contributed by atoms with Gasteiger partial charge < -0.3 is 4.84 Å². The molecule has 0 spiro atoms. The summed E-state index contributed by atoms with van der Waals surface area (Å²) in [5.41, 5.74) is 0.935. The highest BCUT2D eigenvalue weighted by molar-refractivity contribution is 5.80. The van der Waals surface area contributed by atoms with E-state index in [9.17, 15) is 4.79 Å². The lowest BCUT2D eigenvalue weighted by Gasteiger charge is -2.03. The molecule has 0 aliphatic carbocycles. The molecule has 0 aromatic rings.